The maximum atomic E-state index is 13.1. The number of ether oxygens (including phenoxy) is 2. The van der Waals surface area contributed by atoms with Gasteiger partial charge >= 0.3 is 0 Å². The minimum atomic E-state index is -3.61. The first-order chi connectivity index (χ1) is 15.0. The van der Waals surface area contributed by atoms with Crippen molar-refractivity contribution >= 4 is 10.0 Å². The molecule has 1 aliphatic heterocycles. The van der Waals surface area contributed by atoms with Crippen LogP contribution in [0.1, 0.15) is 31.6 Å². The van der Waals surface area contributed by atoms with Crippen molar-refractivity contribution in [2.45, 2.75) is 30.6 Å². The minimum absolute atomic E-state index is 0.147. The summed E-state index contributed by atoms with van der Waals surface area (Å²) in [5, 5.41) is 8.34. The molecule has 8 nitrogen and oxygen atoms in total. The number of hydrogen-bond donors (Lipinski definition) is 0. The van der Waals surface area contributed by atoms with Crippen LogP contribution in [0, 0.1) is 0 Å². The average molecular weight is 444 g/mol. The molecule has 2 heterocycles. The van der Waals surface area contributed by atoms with E-state index in [9.17, 15) is 8.42 Å². The maximum absolute atomic E-state index is 13.1. The largest absolute Gasteiger partial charge is 0.497 e. The second kappa shape index (κ2) is 9.07. The molecule has 0 N–H and O–H groups in total. The van der Waals surface area contributed by atoms with Crippen LogP contribution >= 0.6 is 0 Å². The van der Waals surface area contributed by atoms with Crippen molar-refractivity contribution in [2.75, 3.05) is 26.8 Å². The summed E-state index contributed by atoms with van der Waals surface area (Å²) < 4.78 is 44.2. The Hall–Kier alpha value is -2.91. The van der Waals surface area contributed by atoms with Crippen LogP contribution in [0.15, 0.2) is 57.8 Å². The molecule has 0 amide bonds. The Bertz CT molecular complexity index is 1110. The second-order valence-electron chi connectivity index (χ2n) is 7.28. The zero-order chi connectivity index (χ0) is 21.8. The standard InChI is InChI=1S/C22H25N3O5S/c1-3-29-19-10-12-20(13-11-19)31(26,27)25-14-4-5-17(15-25)22-24-23-21(30-22)16-6-8-18(28-2)9-7-16/h6-13,17H,3-5,14-15H2,1-2H3. The van der Waals surface area contributed by atoms with Gasteiger partial charge in [-0.25, -0.2) is 8.42 Å². The molecule has 4 rings (SSSR count). The normalized spacial score (nSPS) is 17.4. The highest BCUT2D eigenvalue weighted by Crippen LogP contribution is 2.32. The smallest absolute Gasteiger partial charge is 0.247 e. The highest BCUT2D eigenvalue weighted by Gasteiger charge is 2.33. The minimum Gasteiger partial charge on any atom is -0.497 e. The summed E-state index contributed by atoms with van der Waals surface area (Å²) in [6.45, 7) is 3.18. The average Bonchev–Trinajstić information content (AvgIpc) is 3.30. The van der Waals surface area contributed by atoms with Crippen molar-refractivity contribution in [1.82, 2.24) is 14.5 Å². The third-order valence-corrected chi connectivity index (χ3v) is 7.16. The van der Waals surface area contributed by atoms with E-state index in [0.29, 0.717) is 37.2 Å². The van der Waals surface area contributed by atoms with Crippen molar-refractivity contribution in [3.63, 3.8) is 0 Å². The molecule has 0 radical (unpaired) electrons. The van der Waals surface area contributed by atoms with E-state index in [4.69, 9.17) is 13.9 Å². The van der Waals surface area contributed by atoms with Gasteiger partial charge in [0.1, 0.15) is 11.5 Å². The van der Waals surface area contributed by atoms with Crippen LogP contribution in [-0.2, 0) is 10.0 Å². The number of sulfonamides is 1. The first kappa shape index (κ1) is 21.3. The van der Waals surface area contributed by atoms with Crippen LogP contribution in [0.25, 0.3) is 11.5 Å². The monoisotopic (exact) mass is 443 g/mol. The predicted octanol–water partition coefficient (Wildman–Crippen LogP) is 3.71. The molecular weight excluding hydrogens is 418 g/mol. The Labute approximate surface area is 181 Å². The SMILES string of the molecule is CCOc1ccc(S(=O)(=O)N2CCCC(c3nnc(-c4ccc(OC)cc4)o3)C2)cc1. The predicted molar refractivity (Wildman–Crippen MR) is 115 cm³/mol. The zero-order valence-electron chi connectivity index (χ0n) is 17.5. The van der Waals surface area contributed by atoms with E-state index in [1.807, 2.05) is 31.2 Å². The van der Waals surface area contributed by atoms with E-state index >= 15 is 0 Å². The molecule has 1 saturated heterocycles. The fourth-order valence-corrected chi connectivity index (χ4v) is 5.16. The van der Waals surface area contributed by atoms with E-state index in [1.54, 1.807) is 31.4 Å². The number of rotatable bonds is 7. The van der Waals surface area contributed by atoms with E-state index < -0.39 is 10.0 Å². The molecule has 1 aromatic heterocycles. The Morgan fingerprint density at radius 2 is 1.77 bits per heavy atom. The molecule has 0 bridgehead atoms. The number of benzene rings is 2. The second-order valence-corrected chi connectivity index (χ2v) is 9.22. The molecule has 1 atom stereocenters. The molecule has 0 aliphatic carbocycles. The molecular formula is C22H25N3O5S. The first-order valence-corrected chi connectivity index (χ1v) is 11.7. The van der Waals surface area contributed by atoms with Crippen molar-refractivity contribution in [3.8, 4) is 23.0 Å². The van der Waals surface area contributed by atoms with Gasteiger partial charge in [-0.1, -0.05) is 0 Å². The molecule has 31 heavy (non-hydrogen) atoms. The Morgan fingerprint density at radius 1 is 1.06 bits per heavy atom. The lowest BCUT2D eigenvalue weighted by atomic mass is 10.00. The van der Waals surface area contributed by atoms with Gasteiger partial charge in [0.25, 0.3) is 0 Å². The van der Waals surface area contributed by atoms with E-state index in [0.717, 1.165) is 24.2 Å². The molecule has 3 aromatic rings. The van der Waals surface area contributed by atoms with Crippen LogP contribution in [-0.4, -0.2) is 49.7 Å². The lowest BCUT2D eigenvalue weighted by Gasteiger charge is -2.30. The Kier molecular flexibility index (Phi) is 6.24. The molecule has 9 heteroatoms. The molecule has 1 unspecified atom stereocenters. The third-order valence-electron chi connectivity index (χ3n) is 5.28. The fourth-order valence-electron chi connectivity index (χ4n) is 3.64. The van der Waals surface area contributed by atoms with E-state index in [1.165, 1.54) is 4.31 Å². The van der Waals surface area contributed by atoms with Crippen molar-refractivity contribution in [1.29, 1.82) is 0 Å². The number of piperidine rings is 1. The molecule has 164 valence electrons. The lowest BCUT2D eigenvalue weighted by Crippen LogP contribution is -2.39. The van der Waals surface area contributed by atoms with Gasteiger partial charge in [-0.2, -0.15) is 4.31 Å². The van der Waals surface area contributed by atoms with Gasteiger partial charge < -0.3 is 13.9 Å². The van der Waals surface area contributed by atoms with Gasteiger partial charge in [0, 0.05) is 18.7 Å². The summed E-state index contributed by atoms with van der Waals surface area (Å²) in [6.07, 6.45) is 1.51. The molecule has 1 fully saturated rings. The zero-order valence-corrected chi connectivity index (χ0v) is 18.3. The quantitative estimate of drug-likeness (QED) is 0.549. The lowest BCUT2D eigenvalue weighted by molar-refractivity contribution is 0.286. The summed E-state index contributed by atoms with van der Waals surface area (Å²) in [5.41, 5.74) is 0.786. The summed E-state index contributed by atoms with van der Waals surface area (Å²) >= 11 is 0. The van der Waals surface area contributed by atoms with Gasteiger partial charge in [0.15, 0.2) is 0 Å². The van der Waals surface area contributed by atoms with Crippen molar-refractivity contribution in [3.05, 3.63) is 54.4 Å². The highest BCUT2D eigenvalue weighted by atomic mass is 32.2. The van der Waals surface area contributed by atoms with E-state index in [-0.39, 0.29) is 10.8 Å². The topological polar surface area (TPSA) is 94.8 Å². The van der Waals surface area contributed by atoms with Crippen LogP contribution in [0.2, 0.25) is 0 Å². The summed E-state index contributed by atoms with van der Waals surface area (Å²) in [5.74, 6) is 2.10. The summed E-state index contributed by atoms with van der Waals surface area (Å²) in [7, 11) is -2.01. The van der Waals surface area contributed by atoms with E-state index in [2.05, 4.69) is 10.2 Å². The first-order valence-electron chi connectivity index (χ1n) is 10.2. The highest BCUT2D eigenvalue weighted by molar-refractivity contribution is 7.89. The Morgan fingerprint density at radius 3 is 2.45 bits per heavy atom. The van der Waals surface area contributed by atoms with Crippen LogP contribution in [0.4, 0.5) is 0 Å². The van der Waals surface area contributed by atoms with Crippen molar-refractivity contribution in [2.24, 2.45) is 0 Å². The number of aromatic nitrogens is 2. The van der Waals surface area contributed by atoms with Gasteiger partial charge in [0.2, 0.25) is 21.8 Å². The van der Waals surface area contributed by atoms with Gasteiger partial charge in [-0.15, -0.1) is 10.2 Å². The summed E-state index contributed by atoms with van der Waals surface area (Å²) in [6, 6.07) is 13.9. The molecule has 1 aliphatic rings. The van der Waals surface area contributed by atoms with Gasteiger partial charge in [-0.3, -0.25) is 0 Å². The summed E-state index contributed by atoms with van der Waals surface area (Å²) in [4.78, 5) is 0.251. The van der Waals surface area contributed by atoms with Crippen LogP contribution < -0.4 is 9.47 Å². The third kappa shape index (κ3) is 4.57. The van der Waals surface area contributed by atoms with Crippen LogP contribution in [0.3, 0.4) is 0 Å². The van der Waals surface area contributed by atoms with Gasteiger partial charge in [-0.05, 0) is 68.3 Å². The maximum Gasteiger partial charge on any atom is 0.247 e. The number of hydrogen-bond acceptors (Lipinski definition) is 7. The number of methoxy groups -OCH3 is 1. The molecule has 0 spiro atoms. The van der Waals surface area contributed by atoms with Gasteiger partial charge in [0.05, 0.1) is 24.5 Å². The van der Waals surface area contributed by atoms with Crippen molar-refractivity contribution < 1.29 is 22.3 Å². The fraction of sp³-hybridized carbons (Fsp3) is 0.364. The molecule has 2 aromatic carbocycles. The molecule has 0 saturated carbocycles. The number of nitrogens with zero attached hydrogens (tertiary/aromatic N) is 3. The van der Waals surface area contributed by atoms with Crippen LogP contribution in [0.5, 0.6) is 11.5 Å². The Balaban J connectivity index is 1.50.